The molecule has 0 radical (unpaired) electrons. The summed E-state index contributed by atoms with van der Waals surface area (Å²) in [4.78, 5) is 22.2. The van der Waals surface area contributed by atoms with Crippen LogP contribution in [0, 0.1) is 6.92 Å². The topological polar surface area (TPSA) is 66.4 Å². The largest absolute Gasteiger partial charge is 0.477 e. The standard InChI is InChI=1S/C11H8Cl3NO3/c1-5-4-6(12)2-3-7(5)15-10(16)8(13)9(14)11(17)18/h2-4H,1H3,(H,15,16)(H,17,18). The molecule has 96 valence electrons. The van der Waals surface area contributed by atoms with Gasteiger partial charge in [-0.1, -0.05) is 34.8 Å². The minimum absolute atomic E-state index is 0.470. The number of carbonyl (C=O) groups is 2. The SMILES string of the molecule is Cc1cc(Cl)ccc1NC(=O)C(Cl)=C(Cl)C(=O)O. The van der Waals surface area contributed by atoms with Gasteiger partial charge in [0.2, 0.25) is 0 Å². The Bertz CT molecular complexity index is 540. The van der Waals surface area contributed by atoms with E-state index >= 15 is 0 Å². The van der Waals surface area contributed by atoms with Gasteiger partial charge in [0.1, 0.15) is 10.1 Å². The van der Waals surface area contributed by atoms with E-state index in [1.54, 1.807) is 25.1 Å². The Kier molecular flexibility index (Phi) is 5.02. The Balaban J connectivity index is 2.95. The average molecular weight is 309 g/mol. The van der Waals surface area contributed by atoms with Crippen LogP contribution >= 0.6 is 34.8 Å². The lowest BCUT2D eigenvalue weighted by atomic mass is 10.2. The number of nitrogens with one attached hydrogen (secondary N) is 1. The molecular formula is C11H8Cl3NO3. The summed E-state index contributed by atoms with van der Waals surface area (Å²) in [5.74, 6) is -2.26. The van der Waals surface area contributed by atoms with Gasteiger partial charge in [-0.3, -0.25) is 4.79 Å². The third-order valence-corrected chi connectivity index (χ3v) is 3.06. The van der Waals surface area contributed by atoms with E-state index in [1.807, 2.05) is 0 Å². The molecule has 1 amide bonds. The second-order valence-corrected chi connectivity index (χ2v) is 4.54. The summed E-state index contributed by atoms with van der Waals surface area (Å²) in [6, 6.07) is 4.81. The summed E-state index contributed by atoms with van der Waals surface area (Å²) >= 11 is 16.7. The summed E-state index contributed by atoms with van der Waals surface area (Å²) in [6.07, 6.45) is 0. The normalized spacial score (nSPS) is 11.8. The van der Waals surface area contributed by atoms with Crippen molar-refractivity contribution in [3.63, 3.8) is 0 Å². The molecule has 0 saturated carbocycles. The van der Waals surface area contributed by atoms with E-state index < -0.39 is 21.9 Å². The number of carboxylic acid groups (broad SMARTS) is 1. The Labute approximate surface area is 118 Å². The molecule has 0 fully saturated rings. The van der Waals surface area contributed by atoms with Gasteiger partial charge in [0, 0.05) is 10.7 Å². The molecule has 0 saturated heterocycles. The molecule has 18 heavy (non-hydrogen) atoms. The second-order valence-electron chi connectivity index (χ2n) is 3.35. The van der Waals surface area contributed by atoms with Crippen LogP contribution in [0.1, 0.15) is 5.56 Å². The molecule has 0 heterocycles. The Morgan fingerprint density at radius 2 is 1.83 bits per heavy atom. The van der Waals surface area contributed by atoms with Gasteiger partial charge >= 0.3 is 5.97 Å². The molecule has 0 unspecified atom stereocenters. The van der Waals surface area contributed by atoms with Crippen molar-refractivity contribution in [3.8, 4) is 0 Å². The maximum Gasteiger partial charge on any atom is 0.349 e. The first-order valence-electron chi connectivity index (χ1n) is 4.69. The molecule has 0 aliphatic heterocycles. The lowest BCUT2D eigenvalue weighted by Crippen LogP contribution is -2.15. The summed E-state index contributed by atoms with van der Waals surface area (Å²) in [7, 11) is 0. The molecule has 1 aromatic rings. The fourth-order valence-electron chi connectivity index (χ4n) is 1.14. The van der Waals surface area contributed by atoms with Gasteiger partial charge < -0.3 is 10.4 Å². The van der Waals surface area contributed by atoms with Gasteiger partial charge in [0.15, 0.2) is 0 Å². The highest BCUT2D eigenvalue weighted by atomic mass is 35.5. The van der Waals surface area contributed by atoms with E-state index in [9.17, 15) is 9.59 Å². The van der Waals surface area contributed by atoms with Crippen LogP contribution in [0.3, 0.4) is 0 Å². The highest BCUT2D eigenvalue weighted by Crippen LogP contribution is 2.22. The van der Waals surface area contributed by atoms with Gasteiger partial charge in [-0.2, -0.15) is 0 Å². The van der Waals surface area contributed by atoms with Crippen LogP contribution < -0.4 is 5.32 Å². The minimum atomic E-state index is -1.47. The molecule has 0 atom stereocenters. The zero-order chi connectivity index (χ0) is 13.9. The van der Waals surface area contributed by atoms with Gasteiger partial charge in [0.05, 0.1) is 0 Å². The Morgan fingerprint density at radius 3 is 2.33 bits per heavy atom. The lowest BCUT2D eigenvalue weighted by Gasteiger charge is -2.08. The number of carbonyl (C=O) groups excluding carboxylic acids is 1. The third-order valence-electron chi connectivity index (χ3n) is 2.02. The number of carboxylic acids is 1. The zero-order valence-electron chi connectivity index (χ0n) is 9.13. The van der Waals surface area contributed by atoms with Crippen molar-refractivity contribution in [2.24, 2.45) is 0 Å². The van der Waals surface area contributed by atoms with Crippen LogP contribution in [0.2, 0.25) is 5.02 Å². The van der Waals surface area contributed by atoms with Crippen molar-refractivity contribution >= 4 is 52.4 Å². The number of aliphatic carboxylic acids is 1. The zero-order valence-corrected chi connectivity index (χ0v) is 11.4. The number of benzene rings is 1. The number of hydrogen-bond acceptors (Lipinski definition) is 2. The van der Waals surface area contributed by atoms with E-state index in [1.165, 1.54) is 0 Å². The predicted octanol–water partition coefficient (Wildman–Crippen LogP) is 3.36. The Morgan fingerprint density at radius 1 is 1.22 bits per heavy atom. The van der Waals surface area contributed by atoms with Crippen LogP contribution in [0.15, 0.2) is 28.3 Å². The van der Waals surface area contributed by atoms with Crippen molar-refractivity contribution in [1.29, 1.82) is 0 Å². The molecular weight excluding hydrogens is 300 g/mol. The quantitative estimate of drug-likeness (QED) is 0.841. The van der Waals surface area contributed by atoms with E-state index in [4.69, 9.17) is 39.9 Å². The molecule has 1 rings (SSSR count). The van der Waals surface area contributed by atoms with E-state index in [-0.39, 0.29) is 0 Å². The molecule has 2 N–H and O–H groups in total. The number of rotatable bonds is 3. The first kappa shape index (κ1) is 14.8. The number of amides is 1. The third kappa shape index (κ3) is 3.63. The number of hydrogen-bond donors (Lipinski definition) is 2. The van der Waals surface area contributed by atoms with Crippen LogP contribution in [0.4, 0.5) is 5.69 Å². The highest BCUT2D eigenvalue weighted by Gasteiger charge is 2.17. The smallest absolute Gasteiger partial charge is 0.349 e. The first-order chi connectivity index (χ1) is 8.32. The minimum Gasteiger partial charge on any atom is -0.477 e. The monoisotopic (exact) mass is 307 g/mol. The van der Waals surface area contributed by atoms with Crippen LogP contribution in [-0.4, -0.2) is 17.0 Å². The lowest BCUT2D eigenvalue weighted by molar-refractivity contribution is -0.132. The van der Waals surface area contributed by atoms with Gasteiger partial charge in [0.25, 0.3) is 5.91 Å². The van der Waals surface area contributed by atoms with Crippen molar-refractivity contribution in [2.45, 2.75) is 6.92 Å². The summed E-state index contributed by atoms with van der Waals surface area (Å²) in [6.45, 7) is 1.73. The van der Waals surface area contributed by atoms with Crippen LogP contribution in [0.5, 0.6) is 0 Å². The fraction of sp³-hybridized carbons (Fsp3) is 0.0909. The summed E-state index contributed by atoms with van der Waals surface area (Å²) in [5.41, 5.74) is 1.18. The molecule has 1 aromatic carbocycles. The van der Waals surface area contributed by atoms with E-state index in [0.29, 0.717) is 16.3 Å². The molecule has 0 spiro atoms. The number of anilines is 1. The molecule has 0 bridgehead atoms. The van der Waals surface area contributed by atoms with E-state index in [2.05, 4.69) is 5.32 Å². The molecule has 0 aliphatic rings. The molecule has 4 nitrogen and oxygen atoms in total. The van der Waals surface area contributed by atoms with Crippen molar-refractivity contribution in [2.75, 3.05) is 5.32 Å². The molecule has 0 aromatic heterocycles. The highest BCUT2D eigenvalue weighted by molar-refractivity contribution is 6.54. The maximum absolute atomic E-state index is 11.6. The first-order valence-corrected chi connectivity index (χ1v) is 5.82. The molecule has 7 heteroatoms. The van der Waals surface area contributed by atoms with Gasteiger partial charge in [-0.15, -0.1) is 0 Å². The average Bonchev–Trinajstić information content (AvgIpc) is 2.30. The van der Waals surface area contributed by atoms with Crippen molar-refractivity contribution in [3.05, 3.63) is 38.8 Å². The van der Waals surface area contributed by atoms with Gasteiger partial charge in [-0.05, 0) is 30.7 Å². The molecule has 0 aliphatic carbocycles. The number of halogens is 3. The second kappa shape index (κ2) is 6.09. The summed E-state index contributed by atoms with van der Waals surface area (Å²) in [5, 5.41) is 10.2. The predicted molar refractivity (Wildman–Crippen MR) is 71.2 cm³/mol. The fourth-order valence-corrected chi connectivity index (χ4v) is 1.58. The van der Waals surface area contributed by atoms with Crippen molar-refractivity contribution in [1.82, 2.24) is 0 Å². The maximum atomic E-state index is 11.6. The van der Waals surface area contributed by atoms with Crippen LogP contribution in [0.25, 0.3) is 0 Å². The van der Waals surface area contributed by atoms with Gasteiger partial charge in [-0.25, -0.2) is 4.79 Å². The Hall–Kier alpha value is -1.23. The van der Waals surface area contributed by atoms with E-state index in [0.717, 1.165) is 0 Å². The van der Waals surface area contributed by atoms with Crippen LogP contribution in [-0.2, 0) is 9.59 Å². The van der Waals surface area contributed by atoms with Crippen molar-refractivity contribution < 1.29 is 14.7 Å². The summed E-state index contributed by atoms with van der Waals surface area (Å²) < 4.78 is 0. The number of aryl methyl sites for hydroxylation is 1.